The van der Waals surface area contributed by atoms with E-state index in [1.165, 1.54) is 24.6 Å². The van der Waals surface area contributed by atoms with Gasteiger partial charge in [0.15, 0.2) is 0 Å². The van der Waals surface area contributed by atoms with Crippen LogP contribution in [0.25, 0.3) is 10.9 Å². The molecule has 1 heterocycles. The van der Waals surface area contributed by atoms with Crippen LogP contribution in [-0.4, -0.2) is 28.3 Å². The molecule has 0 amide bonds. The molecule has 21 heavy (non-hydrogen) atoms. The molecule has 2 atom stereocenters. The molecule has 0 bridgehead atoms. The molecular formula is C17H23N3S. The smallest absolute Gasteiger partial charge is 0.117 e. The molecule has 1 aliphatic rings. The predicted molar refractivity (Wildman–Crippen MR) is 89.7 cm³/mol. The number of fused-ring (bicyclic) bond motifs is 1. The van der Waals surface area contributed by atoms with E-state index in [-0.39, 0.29) is 0 Å². The molecule has 0 saturated heterocycles. The van der Waals surface area contributed by atoms with Gasteiger partial charge in [0, 0.05) is 16.7 Å². The summed E-state index contributed by atoms with van der Waals surface area (Å²) in [4.78, 5) is 8.90. The number of para-hydroxylation sites is 1. The van der Waals surface area contributed by atoms with Crippen molar-refractivity contribution in [1.29, 1.82) is 0 Å². The van der Waals surface area contributed by atoms with Crippen molar-refractivity contribution in [3.8, 4) is 0 Å². The highest BCUT2D eigenvalue weighted by atomic mass is 32.2. The molecule has 2 unspecified atom stereocenters. The van der Waals surface area contributed by atoms with E-state index in [0.29, 0.717) is 16.7 Å². The van der Waals surface area contributed by atoms with Gasteiger partial charge in [0.2, 0.25) is 0 Å². The summed E-state index contributed by atoms with van der Waals surface area (Å²) in [5.74, 6) is 0. The van der Waals surface area contributed by atoms with Crippen molar-refractivity contribution < 1.29 is 0 Å². The summed E-state index contributed by atoms with van der Waals surface area (Å²) >= 11 is 1.92. The maximum absolute atomic E-state index is 4.54. The molecule has 1 fully saturated rings. The Morgan fingerprint density at radius 1 is 1.24 bits per heavy atom. The second-order valence-electron chi connectivity index (χ2n) is 6.65. The summed E-state index contributed by atoms with van der Waals surface area (Å²) in [6, 6.07) is 8.85. The van der Waals surface area contributed by atoms with Gasteiger partial charge in [-0.1, -0.05) is 32.0 Å². The Kier molecular flexibility index (Phi) is 4.18. The van der Waals surface area contributed by atoms with Crippen LogP contribution in [0.5, 0.6) is 0 Å². The van der Waals surface area contributed by atoms with Crippen LogP contribution in [0.1, 0.15) is 33.1 Å². The lowest BCUT2D eigenvalue weighted by Gasteiger charge is -2.40. The van der Waals surface area contributed by atoms with Crippen molar-refractivity contribution in [1.82, 2.24) is 15.3 Å². The lowest BCUT2D eigenvalue weighted by molar-refractivity contribution is 0.218. The maximum atomic E-state index is 4.54. The zero-order chi connectivity index (χ0) is 14.9. The zero-order valence-electron chi connectivity index (χ0n) is 13.0. The number of thioether (sulfide) groups is 1. The average Bonchev–Trinajstić information content (AvgIpc) is 2.47. The van der Waals surface area contributed by atoms with Crippen LogP contribution < -0.4 is 5.32 Å². The van der Waals surface area contributed by atoms with Crippen molar-refractivity contribution in [2.45, 2.75) is 49.4 Å². The van der Waals surface area contributed by atoms with Crippen molar-refractivity contribution >= 4 is 22.7 Å². The van der Waals surface area contributed by atoms with Crippen LogP contribution in [0, 0.1) is 5.41 Å². The Morgan fingerprint density at radius 2 is 2.05 bits per heavy atom. The normalized spacial score (nSPS) is 25.1. The van der Waals surface area contributed by atoms with Gasteiger partial charge in [-0.3, -0.25) is 0 Å². The van der Waals surface area contributed by atoms with Gasteiger partial charge in [-0.2, -0.15) is 0 Å². The molecule has 0 radical (unpaired) electrons. The van der Waals surface area contributed by atoms with Crippen molar-refractivity contribution in [3.63, 3.8) is 0 Å². The number of hydrogen-bond donors (Lipinski definition) is 1. The summed E-state index contributed by atoms with van der Waals surface area (Å²) in [6.07, 6.45) is 5.44. The third-order valence-electron chi connectivity index (χ3n) is 4.47. The van der Waals surface area contributed by atoms with Gasteiger partial charge in [0.05, 0.1) is 5.52 Å². The van der Waals surface area contributed by atoms with Crippen LogP contribution in [0.2, 0.25) is 0 Å². The molecule has 1 aromatic carbocycles. The molecule has 0 spiro atoms. The highest BCUT2D eigenvalue weighted by Gasteiger charge is 2.35. The number of nitrogens with one attached hydrogen (secondary N) is 1. The van der Waals surface area contributed by atoms with E-state index in [0.717, 1.165) is 10.5 Å². The van der Waals surface area contributed by atoms with E-state index >= 15 is 0 Å². The van der Waals surface area contributed by atoms with Gasteiger partial charge in [-0.15, -0.1) is 11.8 Å². The summed E-state index contributed by atoms with van der Waals surface area (Å²) in [5, 5.41) is 6.35. The fourth-order valence-corrected chi connectivity index (χ4v) is 4.86. The lowest BCUT2D eigenvalue weighted by Crippen LogP contribution is -2.43. The molecule has 1 aromatic heterocycles. The molecule has 1 saturated carbocycles. The topological polar surface area (TPSA) is 37.8 Å². The second-order valence-corrected chi connectivity index (χ2v) is 7.88. The molecule has 112 valence electrons. The van der Waals surface area contributed by atoms with E-state index in [4.69, 9.17) is 0 Å². The quantitative estimate of drug-likeness (QED) is 0.873. The minimum Gasteiger partial charge on any atom is -0.316 e. The van der Waals surface area contributed by atoms with Gasteiger partial charge in [-0.25, -0.2) is 9.97 Å². The Labute approximate surface area is 131 Å². The number of hydrogen-bond acceptors (Lipinski definition) is 4. The van der Waals surface area contributed by atoms with Gasteiger partial charge in [-0.05, 0) is 37.8 Å². The van der Waals surface area contributed by atoms with E-state index in [1.54, 1.807) is 6.33 Å². The summed E-state index contributed by atoms with van der Waals surface area (Å²) in [6.45, 7) is 4.76. The lowest BCUT2D eigenvalue weighted by atomic mass is 9.75. The molecule has 3 rings (SSSR count). The first-order chi connectivity index (χ1) is 10.1. The Balaban J connectivity index is 1.89. The number of aromatic nitrogens is 2. The van der Waals surface area contributed by atoms with Crippen LogP contribution in [0.15, 0.2) is 35.6 Å². The van der Waals surface area contributed by atoms with Crippen LogP contribution in [0.4, 0.5) is 0 Å². The van der Waals surface area contributed by atoms with Gasteiger partial charge < -0.3 is 5.32 Å². The standard InChI is InChI=1S/C17H23N3S/c1-17(2)9-8-14(18-3)15(10-17)21-16-12-6-4-5-7-13(12)19-11-20-16/h4-7,11,14-15,18H,8-10H2,1-3H3. The van der Waals surface area contributed by atoms with Crippen LogP contribution in [0.3, 0.4) is 0 Å². The average molecular weight is 301 g/mol. The first-order valence-corrected chi connectivity index (χ1v) is 8.51. The largest absolute Gasteiger partial charge is 0.316 e. The number of benzene rings is 1. The number of rotatable bonds is 3. The first kappa shape index (κ1) is 14.8. The fraction of sp³-hybridized carbons (Fsp3) is 0.529. The summed E-state index contributed by atoms with van der Waals surface area (Å²) < 4.78 is 0. The van der Waals surface area contributed by atoms with E-state index in [1.807, 2.05) is 17.8 Å². The van der Waals surface area contributed by atoms with E-state index in [2.05, 4.69) is 54.4 Å². The number of nitrogens with zero attached hydrogens (tertiary/aromatic N) is 2. The molecule has 2 aromatic rings. The van der Waals surface area contributed by atoms with E-state index < -0.39 is 0 Å². The minimum absolute atomic E-state index is 0.424. The molecule has 1 N–H and O–H groups in total. The Bertz CT molecular complexity index is 621. The molecule has 1 aliphatic carbocycles. The highest BCUT2D eigenvalue weighted by molar-refractivity contribution is 8.00. The summed E-state index contributed by atoms with van der Waals surface area (Å²) in [5.41, 5.74) is 1.46. The Hall–Kier alpha value is -1.13. The van der Waals surface area contributed by atoms with Gasteiger partial charge in [0.1, 0.15) is 11.4 Å². The Morgan fingerprint density at radius 3 is 2.86 bits per heavy atom. The maximum Gasteiger partial charge on any atom is 0.117 e. The molecular weight excluding hydrogens is 278 g/mol. The predicted octanol–water partition coefficient (Wildman–Crippen LogP) is 3.89. The van der Waals surface area contributed by atoms with Crippen LogP contribution >= 0.6 is 11.8 Å². The highest BCUT2D eigenvalue weighted by Crippen LogP contribution is 2.43. The van der Waals surface area contributed by atoms with E-state index in [9.17, 15) is 0 Å². The van der Waals surface area contributed by atoms with Crippen molar-refractivity contribution in [2.75, 3.05) is 7.05 Å². The minimum atomic E-state index is 0.424. The fourth-order valence-electron chi connectivity index (χ4n) is 3.19. The van der Waals surface area contributed by atoms with Gasteiger partial charge >= 0.3 is 0 Å². The molecule has 4 heteroatoms. The van der Waals surface area contributed by atoms with Gasteiger partial charge in [0.25, 0.3) is 0 Å². The SMILES string of the molecule is CNC1CCC(C)(C)CC1Sc1ncnc2ccccc12. The van der Waals surface area contributed by atoms with Crippen LogP contribution in [-0.2, 0) is 0 Å². The zero-order valence-corrected chi connectivity index (χ0v) is 13.8. The van der Waals surface area contributed by atoms with Crippen molar-refractivity contribution in [3.05, 3.63) is 30.6 Å². The first-order valence-electron chi connectivity index (χ1n) is 7.63. The third kappa shape index (κ3) is 3.22. The van der Waals surface area contributed by atoms with Crippen molar-refractivity contribution in [2.24, 2.45) is 5.41 Å². The monoisotopic (exact) mass is 301 g/mol. The molecule has 3 nitrogen and oxygen atoms in total. The summed E-state index contributed by atoms with van der Waals surface area (Å²) in [7, 11) is 2.08. The molecule has 0 aliphatic heterocycles. The second kappa shape index (κ2) is 5.93. The third-order valence-corrected chi connectivity index (χ3v) is 5.82.